The predicted octanol–water partition coefficient (Wildman–Crippen LogP) is 4.85. The van der Waals surface area contributed by atoms with Gasteiger partial charge in [0.25, 0.3) is 0 Å². The molecule has 1 aromatic heterocycles. The van der Waals surface area contributed by atoms with E-state index in [1.54, 1.807) is 19.2 Å². The number of anilines is 3. The van der Waals surface area contributed by atoms with E-state index >= 15 is 0 Å². The zero-order chi connectivity index (χ0) is 18.4. The van der Waals surface area contributed by atoms with Crippen molar-refractivity contribution >= 4 is 29.1 Å². The Morgan fingerprint density at radius 3 is 2.62 bits per heavy atom. The molecule has 26 heavy (non-hydrogen) atoms. The van der Waals surface area contributed by atoms with Gasteiger partial charge in [0, 0.05) is 23.3 Å². The van der Waals surface area contributed by atoms with Crippen LogP contribution in [-0.2, 0) is 6.42 Å². The number of rotatable bonds is 7. The molecule has 0 spiro atoms. The molecular formula is C20H21ClN4O. The molecule has 0 saturated heterocycles. The average molecular weight is 369 g/mol. The van der Waals surface area contributed by atoms with Gasteiger partial charge in [-0.25, -0.2) is 4.98 Å². The fraction of sp³-hybridized carbons (Fsp3) is 0.200. The highest BCUT2D eigenvalue weighted by atomic mass is 35.5. The van der Waals surface area contributed by atoms with Gasteiger partial charge in [0.1, 0.15) is 11.6 Å². The van der Waals surface area contributed by atoms with Gasteiger partial charge in [-0.1, -0.05) is 41.9 Å². The number of aryl methyl sites for hydroxylation is 1. The van der Waals surface area contributed by atoms with Crippen molar-refractivity contribution in [3.8, 4) is 5.75 Å². The molecule has 0 saturated carbocycles. The lowest BCUT2D eigenvalue weighted by atomic mass is 10.1. The molecular weight excluding hydrogens is 348 g/mol. The van der Waals surface area contributed by atoms with E-state index in [0.29, 0.717) is 22.5 Å². The lowest BCUT2D eigenvalue weighted by molar-refractivity contribution is 0.417. The molecule has 2 N–H and O–H groups in total. The van der Waals surface area contributed by atoms with Crippen LogP contribution < -0.4 is 15.4 Å². The van der Waals surface area contributed by atoms with Crippen LogP contribution in [0.4, 0.5) is 17.5 Å². The maximum Gasteiger partial charge on any atom is 0.224 e. The zero-order valence-corrected chi connectivity index (χ0v) is 15.5. The van der Waals surface area contributed by atoms with E-state index in [1.807, 2.05) is 37.3 Å². The molecule has 0 unspecified atom stereocenters. The van der Waals surface area contributed by atoms with Gasteiger partial charge in [0.15, 0.2) is 0 Å². The summed E-state index contributed by atoms with van der Waals surface area (Å²) in [7, 11) is 1.62. The summed E-state index contributed by atoms with van der Waals surface area (Å²) in [5, 5.41) is 7.16. The molecule has 0 aliphatic heterocycles. The Balaban J connectivity index is 1.70. The monoisotopic (exact) mass is 368 g/mol. The summed E-state index contributed by atoms with van der Waals surface area (Å²) in [5.74, 6) is 1.97. The van der Waals surface area contributed by atoms with Gasteiger partial charge in [-0.2, -0.15) is 4.98 Å². The van der Waals surface area contributed by atoms with Gasteiger partial charge < -0.3 is 15.4 Å². The molecule has 3 rings (SSSR count). The summed E-state index contributed by atoms with van der Waals surface area (Å²) in [6, 6.07) is 17.6. The fourth-order valence-corrected chi connectivity index (χ4v) is 2.76. The Kier molecular flexibility index (Phi) is 5.92. The molecule has 0 atom stereocenters. The first-order chi connectivity index (χ1) is 12.6. The van der Waals surface area contributed by atoms with E-state index < -0.39 is 0 Å². The predicted molar refractivity (Wildman–Crippen MR) is 107 cm³/mol. The summed E-state index contributed by atoms with van der Waals surface area (Å²) in [4.78, 5) is 8.98. The Labute approximate surface area is 158 Å². The number of aromatic nitrogens is 2. The van der Waals surface area contributed by atoms with Crippen LogP contribution in [0.3, 0.4) is 0 Å². The zero-order valence-electron chi connectivity index (χ0n) is 14.8. The molecule has 6 heteroatoms. The smallest absolute Gasteiger partial charge is 0.224 e. The van der Waals surface area contributed by atoms with Gasteiger partial charge in [-0.15, -0.1) is 0 Å². The van der Waals surface area contributed by atoms with E-state index in [9.17, 15) is 0 Å². The quantitative estimate of drug-likeness (QED) is 0.624. The van der Waals surface area contributed by atoms with E-state index in [0.717, 1.165) is 24.3 Å². The normalized spacial score (nSPS) is 10.4. The van der Waals surface area contributed by atoms with Crippen LogP contribution >= 0.6 is 11.6 Å². The Morgan fingerprint density at radius 2 is 1.85 bits per heavy atom. The lowest BCUT2D eigenvalue weighted by Crippen LogP contribution is -2.09. The number of nitrogens with one attached hydrogen (secondary N) is 2. The third-order valence-electron chi connectivity index (χ3n) is 3.82. The van der Waals surface area contributed by atoms with E-state index in [4.69, 9.17) is 16.3 Å². The van der Waals surface area contributed by atoms with Crippen molar-refractivity contribution in [1.82, 2.24) is 9.97 Å². The molecule has 0 fully saturated rings. The summed E-state index contributed by atoms with van der Waals surface area (Å²) < 4.78 is 5.37. The van der Waals surface area contributed by atoms with E-state index in [-0.39, 0.29) is 0 Å². The second-order valence-corrected chi connectivity index (χ2v) is 6.29. The molecule has 0 amide bonds. The van der Waals surface area contributed by atoms with Crippen molar-refractivity contribution in [2.24, 2.45) is 0 Å². The van der Waals surface area contributed by atoms with Crippen molar-refractivity contribution < 1.29 is 4.74 Å². The fourth-order valence-electron chi connectivity index (χ4n) is 2.59. The largest absolute Gasteiger partial charge is 0.495 e. The number of methoxy groups -OCH3 is 1. The number of hydrogen-bond acceptors (Lipinski definition) is 5. The van der Waals surface area contributed by atoms with Crippen LogP contribution in [0.5, 0.6) is 5.75 Å². The van der Waals surface area contributed by atoms with Gasteiger partial charge in [0.05, 0.1) is 12.8 Å². The first-order valence-corrected chi connectivity index (χ1v) is 8.76. The van der Waals surface area contributed by atoms with Crippen molar-refractivity contribution in [2.75, 3.05) is 24.3 Å². The molecule has 0 aliphatic rings. The van der Waals surface area contributed by atoms with Crippen LogP contribution in [0.25, 0.3) is 0 Å². The van der Waals surface area contributed by atoms with Crippen molar-refractivity contribution in [3.05, 3.63) is 70.9 Å². The number of nitrogens with zero attached hydrogens (tertiary/aromatic N) is 2. The maximum atomic E-state index is 6.09. The summed E-state index contributed by atoms with van der Waals surface area (Å²) in [6.07, 6.45) is 0.906. The number of halogens is 1. The minimum Gasteiger partial charge on any atom is -0.495 e. The van der Waals surface area contributed by atoms with E-state index in [2.05, 4.69) is 32.7 Å². The Bertz CT molecular complexity index is 871. The summed E-state index contributed by atoms with van der Waals surface area (Å²) in [6.45, 7) is 2.69. The van der Waals surface area contributed by atoms with Crippen molar-refractivity contribution in [3.63, 3.8) is 0 Å². The average Bonchev–Trinajstić information content (AvgIpc) is 2.62. The topological polar surface area (TPSA) is 59.1 Å². The first kappa shape index (κ1) is 18.0. The number of ether oxygens (including phenoxy) is 1. The molecule has 0 bridgehead atoms. The lowest BCUT2D eigenvalue weighted by Gasteiger charge is -2.13. The molecule has 1 heterocycles. The van der Waals surface area contributed by atoms with Gasteiger partial charge in [-0.05, 0) is 37.1 Å². The summed E-state index contributed by atoms with van der Waals surface area (Å²) >= 11 is 6.09. The van der Waals surface area contributed by atoms with Crippen molar-refractivity contribution in [1.29, 1.82) is 0 Å². The molecule has 0 radical (unpaired) electrons. The maximum absolute atomic E-state index is 6.09. The minimum atomic E-state index is 0.587. The third kappa shape index (κ3) is 4.86. The number of hydrogen-bond donors (Lipinski definition) is 2. The van der Waals surface area contributed by atoms with Crippen LogP contribution in [0.1, 0.15) is 11.3 Å². The number of benzene rings is 2. The van der Waals surface area contributed by atoms with Gasteiger partial charge in [0.2, 0.25) is 5.95 Å². The molecule has 5 nitrogen and oxygen atoms in total. The van der Waals surface area contributed by atoms with Crippen molar-refractivity contribution in [2.45, 2.75) is 13.3 Å². The second-order valence-electron chi connectivity index (χ2n) is 5.85. The molecule has 2 aromatic carbocycles. The SMILES string of the molecule is COc1ccc(Cl)cc1Nc1cc(C)nc(NCCc2ccccc2)n1. The minimum absolute atomic E-state index is 0.587. The van der Waals surface area contributed by atoms with Gasteiger partial charge >= 0.3 is 0 Å². The van der Waals surface area contributed by atoms with Crippen LogP contribution in [0.2, 0.25) is 5.02 Å². The first-order valence-electron chi connectivity index (χ1n) is 8.38. The van der Waals surface area contributed by atoms with Gasteiger partial charge in [-0.3, -0.25) is 0 Å². The molecule has 3 aromatic rings. The third-order valence-corrected chi connectivity index (χ3v) is 4.05. The molecule has 0 aliphatic carbocycles. The Hall–Kier alpha value is -2.79. The van der Waals surface area contributed by atoms with E-state index in [1.165, 1.54) is 5.56 Å². The highest BCUT2D eigenvalue weighted by Crippen LogP contribution is 2.30. The Morgan fingerprint density at radius 1 is 1.04 bits per heavy atom. The summed E-state index contributed by atoms with van der Waals surface area (Å²) in [5.41, 5.74) is 2.90. The standard InChI is InChI=1S/C20H21ClN4O/c1-14-12-19(24-17-13-16(21)8-9-18(17)26-2)25-20(23-14)22-11-10-15-6-4-3-5-7-15/h3-9,12-13H,10-11H2,1-2H3,(H2,22,23,24,25). The van der Waals surface area contributed by atoms with Crippen LogP contribution in [0, 0.1) is 6.92 Å². The highest BCUT2D eigenvalue weighted by Gasteiger charge is 2.07. The van der Waals surface area contributed by atoms with Crippen LogP contribution in [-0.4, -0.2) is 23.6 Å². The second kappa shape index (κ2) is 8.54. The highest BCUT2D eigenvalue weighted by molar-refractivity contribution is 6.31. The van der Waals surface area contributed by atoms with Crippen LogP contribution in [0.15, 0.2) is 54.6 Å². The molecule has 134 valence electrons.